The Hall–Kier alpha value is -2.98. The minimum absolute atomic E-state index is 0.166. The second-order valence-electron chi connectivity index (χ2n) is 6.03. The lowest BCUT2D eigenvalue weighted by atomic mass is 10.2. The molecular formula is C17H19N5O4S. The number of nitro groups is 1. The van der Waals surface area contributed by atoms with Crippen molar-refractivity contribution in [2.75, 3.05) is 12.4 Å². The number of nitrogens with zero attached hydrogens (tertiary/aromatic N) is 3. The van der Waals surface area contributed by atoms with Crippen molar-refractivity contribution in [1.29, 1.82) is 0 Å². The van der Waals surface area contributed by atoms with Crippen molar-refractivity contribution >= 4 is 32.4 Å². The van der Waals surface area contributed by atoms with Crippen LogP contribution < -0.4 is 10.0 Å². The lowest BCUT2D eigenvalue weighted by Gasteiger charge is -2.09. The van der Waals surface area contributed by atoms with E-state index in [-0.39, 0.29) is 22.8 Å². The Morgan fingerprint density at radius 2 is 2.00 bits per heavy atom. The summed E-state index contributed by atoms with van der Waals surface area (Å²) in [7, 11) is -0.629. The molecule has 0 amide bonds. The number of fused-ring (bicyclic) bond motifs is 1. The highest BCUT2D eigenvalue weighted by atomic mass is 32.2. The number of aryl methyl sites for hydroxylation is 2. The molecule has 3 aromatic rings. The first-order valence-corrected chi connectivity index (χ1v) is 9.59. The smallest absolute Gasteiger partial charge is 0.293 e. The zero-order chi connectivity index (χ0) is 19.8. The van der Waals surface area contributed by atoms with Crippen LogP contribution in [0.4, 0.5) is 11.4 Å². The van der Waals surface area contributed by atoms with Gasteiger partial charge in [-0.15, -0.1) is 0 Å². The van der Waals surface area contributed by atoms with E-state index in [0.29, 0.717) is 5.82 Å². The predicted molar refractivity (Wildman–Crippen MR) is 102 cm³/mol. The lowest BCUT2D eigenvalue weighted by Crippen LogP contribution is -2.18. The topological polar surface area (TPSA) is 119 Å². The number of hydrogen-bond acceptors (Lipinski definition) is 6. The van der Waals surface area contributed by atoms with Crippen molar-refractivity contribution in [1.82, 2.24) is 14.3 Å². The van der Waals surface area contributed by atoms with E-state index < -0.39 is 14.9 Å². The van der Waals surface area contributed by atoms with Crippen LogP contribution in [-0.4, -0.2) is 29.9 Å². The van der Waals surface area contributed by atoms with Crippen LogP contribution in [-0.2, 0) is 23.6 Å². The maximum absolute atomic E-state index is 11.9. The third-order valence-corrected chi connectivity index (χ3v) is 5.78. The number of para-hydroxylation sites is 1. The summed E-state index contributed by atoms with van der Waals surface area (Å²) in [5.74, 6) is 0.709. The number of imidazole rings is 1. The number of anilines is 1. The van der Waals surface area contributed by atoms with Crippen LogP contribution in [0.3, 0.4) is 0 Å². The highest BCUT2D eigenvalue weighted by molar-refractivity contribution is 7.89. The van der Waals surface area contributed by atoms with Gasteiger partial charge in [-0.25, -0.2) is 18.1 Å². The summed E-state index contributed by atoms with van der Waals surface area (Å²) in [6, 6.07) is 9.57. The Labute approximate surface area is 156 Å². The Kier molecular flexibility index (Phi) is 4.85. The van der Waals surface area contributed by atoms with Gasteiger partial charge in [0.25, 0.3) is 5.69 Å². The molecule has 0 spiro atoms. The van der Waals surface area contributed by atoms with Crippen LogP contribution in [0.5, 0.6) is 0 Å². The summed E-state index contributed by atoms with van der Waals surface area (Å²) >= 11 is 0. The molecule has 0 aliphatic heterocycles. The monoisotopic (exact) mass is 389 g/mol. The van der Waals surface area contributed by atoms with Crippen molar-refractivity contribution in [2.24, 2.45) is 7.05 Å². The molecule has 10 heteroatoms. The first-order valence-electron chi connectivity index (χ1n) is 8.11. The largest absolute Gasteiger partial charge is 0.372 e. The third kappa shape index (κ3) is 3.49. The fraction of sp³-hybridized carbons (Fsp3) is 0.235. The Morgan fingerprint density at radius 3 is 2.63 bits per heavy atom. The zero-order valence-corrected chi connectivity index (χ0v) is 15.9. The molecule has 0 saturated carbocycles. The lowest BCUT2D eigenvalue weighted by molar-refractivity contribution is -0.384. The van der Waals surface area contributed by atoms with Gasteiger partial charge in [0.1, 0.15) is 11.5 Å². The SMILES string of the molecule is CNS(=O)(=O)c1ccc(NCc2nc3cccc(C)c3n2C)c([N+](=O)[O-])c1. The standard InChI is InChI=1S/C17H19N5O4S/c1-11-5-4-6-14-17(11)21(3)16(20-14)10-19-13-8-7-12(27(25,26)18-2)9-15(13)22(23)24/h4-9,18-19H,10H2,1-3H3. The molecular weight excluding hydrogens is 370 g/mol. The van der Waals surface area contributed by atoms with E-state index in [2.05, 4.69) is 15.0 Å². The van der Waals surface area contributed by atoms with E-state index in [1.165, 1.54) is 19.2 Å². The number of benzene rings is 2. The molecule has 3 rings (SSSR count). The fourth-order valence-corrected chi connectivity index (χ4v) is 3.69. The van der Waals surface area contributed by atoms with Crippen LogP contribution in [0.1, 0.15) is 11.4 Å². The molecule has 0 radical (unpaired) electrons. The van der Waals surface area contributed by atoms with Gasteiger partial charge in [-0.2, -0.15) is 0 Å². The molecule has 0 atom stereocenters. The Morgan fingerprint density at radius 1 is 1.26 bits per heavy atom. The van der Waals surface area contributed by atoms with Crippen LogP contribution in [0.2, 0.25) is 0 Å². The molecule has 0 aliphatic rings. The first-order chi connectivity index (χ1) is 12.7. The molecule has 0 unspecified atom stereocenters. The molecule has 2 N–H and O–H groups in total. The summed E-state index contributed by atoms with van der Waals surface area (Å²) in [6.45, 7) is 2.25. The summed E-state index contributed by atoms with van der Waals surface area (Å²) in [6.07, 6.45) is 0. The number of nitro benzene ring substituents is 1. The summed E-state index contributed by atoms with van der Waals surface area (Å²) in [4.78, 5) is 15.2. The second-order valence-corrected chi connectivity index (χ2v) is 7.91. The van der Waals surface area contributed by atoms with E-state index in [9.17, 15) is 18.5 Å². The molecule has 27 heavy (non-hydrogen) atoms. The van der Waals surface area contributed by atoms with Crippen molar-refractivity contribution < 1.29 is 13.3 Å². The molecule has 2 aromatic carbocycles. The molecule has 0 aliphatic carbocycles. The predicted octanol–water partition coefficient (Wildman–Crippen LogP) is 2.31. The van der Waals surface area contributed by atoms with Crippen molar-refractivity contribution in [2.45, 2.75) is 18.4 Å². The van der Waals surface area contributed by atoms with Crippen LogP contribution in [0.25, 0.3) is 11.0 Å². The van der Waals surface area contributed by atoms with Gasteiger partial charge in [0, 0.05) is 13.1 Å². The molecule has 1 heterocycles. The molecule has 0 bridgehead atoms. The molecule has 142 valence electrons. The highest BCUT2D eigenvalue weighted by Gasteiger charge is 2.20. The van der Waals surface area contributed by atoms with E-state index >= 15 is 0 Å². The number of hydrogen-bond donors (Lipinski definition) is 2. The molecule has 0 saturated heterocycles. The first kappa shape index (κ1) is 18.8. The molecule has 1 aromatic heterocycles. The van der Waals surface area contributed by atoms with Crippen LogP contribution >= 0.6 is 0 Å². The molecule has 0 fully saturated rings. The minimum Gasteiger partial charge on any atom is -0.372 e. The van der Waals surface area contributed by atoms with Gasteiger partial charge >= 0.3 is 0 Å². The van der Waals surface area contributed by atoms with Crippen molar-refractivity contribution in [3.8, 4) is 0 Å². The van der Waals surface area contributed by atoms with Gasteiger partial charge in [-0.05, 0) is 37.7 Å². The number of sulfonamides is 1. The summed E-state index contributed by atoms with van der Waals surface area (Å²) in [5, 5.41) is 14.4. The Balaban J connectivity index is 1.94. The maximum atomic E-state index is 11.9. The summed E-state index contributed by atoms with van der Waals surface area (Å²) in [5.41, 5.74) is 2.83. The van der Waals surface area contributed by atoms with Gasteiger partial charge < -0.3 is 9.88 Å². The molecule has 9 nitrogen and oxygen atoms in total. The van der Waals surface area contributed by atoms with E-state index in [1.54, 1.807) is 0 Å². The van der Waals surface area contributed by atoms with Gasteiger partial charge in [-0.3, -0.25) is 10.1 Å². The highest BCUT2D eigenvalue weighted by Crippen LogP contribution is 2.28. The van der Waals surface area contributed by atoms with E-state index in [4.69, 9.17) is 0 Å². The maximum Gasteiger partial charge on any atom is 0.293 e. The quantitative estimate of drug-likeness (QED) is 0.493. The zero-order valence-electron chi connectivity index (χ0n) is 15.1. The second kappa shape index (κ2) is 6.97. The fourth-order valence-electron chi connectivity index (χ4n) is 2.94. The minimum atomic E-state index is -3.77. The summed E-state index contributed by atoms with van der Waals surface area (Å²) < 4.78 is 27.8. The number of rotatable bonds is 6. The van der Waals surface area contributed by atoms with Crippen LogP contribution in [0, 0.1) is 17.0 Å². The average molecular weight is 389 g/mol. The van der Waals surface area contributed by atoms with Crippen molar-refractivity contribution in [3.05, 3.63) is 57.9 Å². The van der Waals surface area contributed by atoms with Gasteiger partial charge in [0.15, 0.2) is 0 Å². The Bertz CT molecular complexity index is 1140. The van der Waals surface area contributed by atoms with Gasteiger partial charge in [0.2, 0.25) is 10.0 Å². The third-order valence-electron chi connectivity index (χ3n) is 4.37. The normalized spacial score (nSPS) is 11.7. The van der Waals surface area contributed by atoms with Crippen molar-refractivity contribution in [3.63, 3.8) is 0 Å². The van der Waals surface area contributed by atoms with Gasteiger partial charge in [-0.1, -0.05) is 12.1 Å². The number of nitrogens with one attached hydrogen (secondary N) is 2. The van der Waals surface area contributed by atoms with Gasteiger partial charge in [0.05, 0.1) is 27.4 Å². The average Bonchev–Trinajstić information content (AvgIpc) is 2.96. The van der Waals surface area contributed by atoms with E-state index in [1.807, 2.05) is 36.7 Å². The number of aromatic nitrogens is 2. The van der Waals surface area contributed by atoms with Crippen LogP contribution in [0.15, 0.2) is 41.3 Å². The van der Waals surface area contributed by atoms with E-state index in [0.717, 1.165) is 22.7 Å².